The van der Waals surface area contributed by atoms with Gasteiger partial charge in [-0.3, -0.25) is 25.2 Å². The Kier molecular flexibility index (Phi) is 6.64. The van der Waals surface area contributed by atoms with Crippen LogP contribution in [0.25, 0.3) is 0 Å². The molecule has 2 aromatic carbocycles. The summed E-state index contributed by atoms with van der Waals surface area (Å²) in [5.74, 6) is -2.27. The van der Waals surface area contributed by atoms with Crippen LogP contribution < -0.4 is 16.2 Å². The van der Waals surface area contributed by atoms with Crippen LogP contribution in [0.5, 0.6) is 0 Å². The quantitative estimate of drug-likeness (QED) is 0.663. The largest absolute Gasteiger partial charge is 0.352 e. The minimum atomic E-state index is -0.759. The summed E-state index contributed by atoms with van der Waals surface area (Å²) in [7, 11) is 0. The second kappa shape index (κ2) is 8.93. The first-order valence-corrected chi connectivity index (χ1v) is 8.14. The summed E-state index contributed by atoms with van der Waals surface area (Å²) in [6.45, 7) is 0.0936. The van der Waals surface area contributed by atoms with Crippen molar-refractivity contribution in [2.24, 2.45) is 0 Å². The first kappa shape index (κ1) is 18.6. The van der Waals surface area contributed by atoms with Crippen LogP contribution in [0.3, 0.4) is 0 Å². The lowest BCUT2D eigenvalue weighted by molar-refractivity contribution is -0.121. The number of nitrogens with one attached hydrogen (secondary N) is 3. The number of halogens is 2. The average molecular weight is 408 g/mol. The van der Waals surface area contributed by atoms with Crippen LogP contribution >= 0.6 is 15.9 Å². The normalized spacial score (nSPS) is 10.0. The molecular weight excluding hydrogens is 393 g/mol. The summed E-state index contributed by atoms with van der Waals surface area (Å²) in [6.07, 6.45) is -0.0418. The lowest BCUT2D eigenvalue weighted by Crippen LogP contribution is -2.43. The van der Waals surface area contributed by atoms with Crippen molar-refractivity contribution in [1.29, 1.82) is 0 Å². The molecule has 2 rings (SSSR count). The van der Waals surface area contributed by atoms with Crippen molar-refractivity contribution in [3.63, 3.8) is 0 Å². The summed E-state index contributed by atoms with van der Waals surface area (Å²) in [6, 6.07) is 12.2. The summed E-state index contributed by atoms with van der Waals surface area (Å²) < 4.78 is 14.3. The molecule has 3 amide bonds. The summed E-state index contributed by atoms with van der Waals surface area (Å²) >= 11 is 3.27. The van der Waals surface area contributed by atoms with E-state index in [1.807, 2.05) is 0 Å². The molecule has 8 heteroatoms. The zero-order chi connectivity index (χ0) is 18.2. The smallest absolute Gasteiger partial charge is 0.272 e. The number of amides is 3. The van der Waals surface area contributed by atoms with Gasteiger partial charge in [-0.1, -0.05) is 28.1 Å². The SMILES string of the molecule is O=C(CCNC(=O)c1ccc(Br)cc1)NNC(=O)c1ccccc1F. The Balaban J connectivity index is 1.72. The Morgan fingerprint density at radius 3 is 2.28 bits per heavy atom. The van der Waals surface area contributed by atoms with Crippen molar-refractivity contribution in [2.75, 3.05) is 6.54 Å². The number of hydrogen-bond donors (Lipinski definition) is 3. The molecule has 0 spiro atoms. The van der Waals surface area contributed by atoms with Gasteiger partial charge < -0.3 is 5.32 Å². The zero-order valence-electron chi connectivity index (χ0n) is 13.0. The standard InChI is InChI=1S/C17H15BrFN3O3/c18-12-7-5-11(6-8-12)16(24)20-10-9-15(23)21-22-17(25)13-3-1-2-4-14(13)19/h1-8H,9-10H2,(H,20,24)(H,21,23)(H,22,25). The molecule has 0 aliphatic rings. The third-order valence-electron chi connectivity index (χ3n) is 3.18. The lowest BCUT2D eigenvalue weighted by atomic mass is 10.2. The highest BCUT2D eigenvalue weighted by Gasteiger charge is 2.12. The second-order valence-corrected chi connectivity index (χ2v) is 5.91. The van der Waals surface area contributed by atoms with Gasteiger partial charge in [0.1, 0.15) is 5.82 Å². The van der Waals surface area contributed by atoms with Gasteiger partial charge in [-0.15, -0.1) is 0 Å². The van der Waals surface area contributed by atoms with Gasteiger partial charge >= 0.3 is 0 Å². The van der Waals surface area contributed by atoms with Crippen molar-refractivity contribution in [1.82, 2.24) is 16.2 Å². The van der Waals surface area contributed by atoms with Crippen LogP contribution in [0.1, 0.15) is 27.1 Å². The van der Waals surface area contributed by atoms with Crippen molar-refractivity contribution in [2.45, 2.75) is 6.42 Å². The molecule has 0 saturated heterocycles. The molecule has 0 radical (unpaired) electrons. The molecule has 0 bridgehead atoms. The van der Waals surface area contributed by atoms with Gasteiger partial charge in [-0.2, -0.15) is 0 Å². The molecule has 0 aliphatic carbocycles. The average Bonchev–Trinajstić information content (AvgIpc) is 2.60. The first-order chi connectivity index (χ1) is 12.0. The fraction of sp³-hybridized carbons (Fsp3) is 0.118. The number of carbonyl (C=O) groups excluding carboxylic acids is 3. The van der Waals surface area contributed by atoms with E-state index in [1.165, 1.54) is 18.2 Å². The van der Waals surface area contributed by atoms with Gasteiger partial charge in [0.15, 0.2) is 0 Å². The number of hydrazine groups is 1. The highest BCUT2D eigenvalue weighted by molar-refractivity contribution is 9.10. The number of rotatable bonds is 5. The van der Waals surface area contributed by atoms with Crippen molar-refractivity contribution < 1.29 is 18.8 Å². The van der Waals surface area contributed by atoms with Gasteiger partial charge in [-0.05, 0) is 36.4 Å². The fourth-order valence-electron chi connectivity index (χ4n) is 1.89. The number of carbonyl (C=O) groups is 3. The molecule has 6 nitrogen and oxygen atoms in total. The van der Waals surface area contributed by atoms with Crippen LogP contribution in [0.2, 0.25) is 0 Å². The highest BCUT2D eigenvalue weighted by Crippen LogP contribution is 2.10. The summed E-state index contributed by atoms with van der Waals surface area (Å²) in [5, 5.41) is 2.59. The van der Waals surface area contributed by atoms with E-state index < -0.39 is 17.6 Å². The molecule has 2 aromatic rings. The van der Waals surface area contributed by atoms with Crippen LogP contribution in [-0.4, -0.2) is 24.3 Å². The topological polar surface area (TPSA) is 87.3 Å². The van der Waals surface area contributed by atoms with E-state index in [-0.39, 0.29) is 24.4 Å². The lowest BCUT2D eigenvalue weighted by Gasteiger charge is -2.09. The van der Waals surface area contributed by atoms with E-state index in [0.29, 0.717) is 5.56 Å². The third kappa shape index (κ3) is 5.68. The van der Waals surface area contributed by atoms with E-state index in [1.54, 1.807) is 24.3 Å². The Bertz CT molecular complexity index is 781. The first-order valence-electron chi connectivity index (χ1n) is 7.35. The minimum Gasteiger partial charge on any atom is -0.352 e. The van der Waals surface area contributed by atoms with E-state index in [4.69, 9.17) is 0 Å². The molecule has 0 aromatic heterocycles. The molecule has 0 fully saturated rings. The molecule has 0 aliphatic heterocycles. The van der Waals surface area contributed by atoms with Gasteiger partial charge in [0.2, 0.25) is 5.91 Å². The van der Waals surface area contributed by atoms with Crippen LogP contribution in [0, 0.1) is 5.82 Å². The van der Waals surface area contributed by atoms with Crippen molar-refractivity contribution >= 4 is 33.7 Å². The van der Waals surface area contributed by atoms with E-state index in [9.17, 15) is 18.8 Å². The molecule has 0 heterocycles. The Labute approximate surface area is 151 Å². The minimum absolute atomic E-state index is 0.0418. The van der Waals surface area contributed by atoms with Crippen molar-refractivity contribution in [3.05, 3.63) is 69.9 Å². The van der Waals surface area contributed by atoms with Crippen LogP contribution in [-0.2, 0) is 4.79 Å². The zero-order valence-corrected chi connectivity index (χ0v) is 14.6. The summed E-state index contributed by atoms with van der Waals surface area (Å²) in [4.78, 5) is 35.2. The second-order valence-electron chi connectivity index (χ2n) is 4.99. The van der Waals surface area contributed by atoms with Gasteiger partial charge in [0, 0.05) is 23.0 Å². The molecule has 130 valence electrons. The number of benzene rings is 2. The molecule has 3 N–H and O–H groups in total. The predicted molar refractivity (Wildman–Crippen MR) is 93.1 cm³/mol. The summed E-state index contributed by atoms with van der Waals surface area (Å²) in [5.41, 5.74) is 4.58. The van der Waals surface area contributed by atoms with E-state index >= 15 is 0 Å². The third-order valence-corrected chi connectivity index (χ3v) is 3.71. The van der Waals surface area contributed by atoms with Crippen LogP contribution in [0.15, 0.2) is 53.0 Å². The predicted octanol–water partition coefficient (Wildman–Crippen LogP) is 2.17. The monoisotopic (exact) mass is 407 g/mol. The Hall–Kier alpha value is -2.74. The fourth-order valence-corrected chi connectivity index (χ4v) is 2.16. The van der Waals surface area contributed by atoms with E-state index in [0.717, 1.165) is 10.5 Å². The molecule has 0 unspecified atom stereocenters. The van der Waals surface area contributed by atoms with Gasteiger partial charge in [-0.25, -0.2) is 4.39 Å². The Morgan fingerprint density at radius 1 is 0.920 bits per heavy atom. The molecule has 25 heavy (non-hydrogen) atoms. The molecule has 0 atom stereocenters. The molecule has 0 saturated carbocycles. The van der Waals surface area contributed by atoms with Gasteiger partial charge in [0.25, 0.3) is 11.8 Å². The Morgan fingerprint density at radius 2 is 1.60 bits per heavy atom. The van der Waals surface area contributed by atoms with E-state index in [2.05, 4.69) is 32.1 Å². The maximum absolute atomic E-state index is 13.4. The van der Waals surface area contributed by atoms with Crippen molar-refractivity contribution in [3.8, 4) is 0 Å². The molecular formula is C17H15BrFN3O3. The highest BCUT2D eigenvalue weighted by atomic mass is 79.9. The number of hydrogen-bond acceptors (Lipinski definition) is 3. The maximum atomic E-state index is 13.4. The maximum Gasteiger partial charge on any atom is 0.272 e. The van der Waals surface area contributed by atoms with Gasteiger partial charge in [0.05, 0.1) is 5.56 Å². The van der Waals surface area contributed by atoms with Crippen LogP contribution in [0.4, 0.5) is 4.39 Å².